The predicted octanol–water partition coefficient (Wildman–Crippen LogP) is 1.82. The Labute approximate surface area is 190 Å². The van der Waals surface area contributed by atoms with Crippen molar-refractivity contribution in [1.29, 1.82) is 0 Å². The van der Waals surface area contributed by atoms with E-state index in [1.54, 1.807) is 34.6 Å². The van der Waals surface area contributed by atoms with Crippen LogP contribution in [0, 0.1) is 11.8 Å². The Hall–Kier alpha value is -1.06. The number of esters is 1. The number of amides is 2. The van der Waals surface area contributed by atoms with Gasteiger partial charge < -0.3 is 19.6 Å². The van der Waals surface area contributed by atoms with E-state index in [1.165, 1.54) is 0 Å². The molecule has 0 aliphatic carbocycles. The number of aliphatic hydroxyl groups is 1. The topological polar surface area (TPSA) is 87.2 Å². The standard InChI is InChI=1S/C21H31BrN2O5S/c1-5-8-23(12(3)4)19(27)17-21-11-13(22)16(30-21)14(20(28)29-6-2)15(21)18(26)24(17)9-7-10-25/h5,12-17,25H,1,6-11H2,2-4H3/t13?,14-,15+,16-,17?,21?/m1/s1. The summed E-state index contributed by atoms with van der Waals surface area (Å²) in [6.07, 6.45) is 2.72. The van der Waals surface area contributed by atoms with Crippen molar-refractivity contribution in [2.24, 2.45) is 11.8 Å². The van der Waals surface area contributed by atoms with Crippen molar-refractivity contribution in [2.45, 2.75) is 60.5 Å². The number of hydrogen-bond donors (Lipinski definition) is 1. The molecule has 0 saturated carbocycles. The van der Waals surface area contributed by atoms with E-state index in [9.17, 15) is 19.5 Å². The number of nitrogens with zero attached hydrogens (tertiary/aromatic N) is 2. The molecule has 3 heterocycles. The smallest absolute Gasteiger partial charge is 0.310 e. The normalized spacial score (nSPS) is 34.4. The molecule has 30 heavy (non-hydrogen) atoms. The summed E-state index contributed by atoms with van der Waals surface area (Å²) in [7, 11) is 0. The third-order valence-electron chi connectivity index (χ3n) is 6.37. The molecule has 0 aromatic carbocycles. The Morgan fingerprint density at radius 3 is 2.77 bits per heavy atom. The highest BCUT2D eigenvalue weighted by atomic mass is 79.9. The Morgan fingerprint density at radius 2 is 2.20 bits per heavy atom. The highest BCUT2D eigenvalue weighted by Gasteiger charge is 2.76. The van der Waals surface area contributed by atoms with Crippen molar-refractivity contribution in [1.82, 2.24) is 9.80 Å². The fourth-order valence-electron chi connectivity index (χ4n) is 5.25. The maximum Gasteiger partial charge on any atom is 0.310 e. The molecule has 6 atom stereocenters. The van der Waals surface area contributed by atoms with Gasteiger partial charge in [0.05, 0.1) is 23.2 Å². The van der Waals surface area contributed by atoms with Gasteiger partial charge in [0, 0.05) is 35.8 Å². The molecule has 3 rings (SSSR count). The number of carbonyl (C=O) groups is 3. The van der Waals surface area contributed by atoms with Crippen molar-refractivity contribution in [2.75, 3.05) is 26.3 Å². The van der Waals surface area contributed by atoms with Crippen LogP contribution in [0.5, 0.6) is 0 Å². The lowest BCUT2D eigenvalue weighted by atomic mass is 9.71. The minimum atomic E-state index is -0.672. The van der Waals surface area contributed by atoms with E-state index in [0.717, 1.165) is 0 Å². The summed E-state index contributed by atoms with van der Waals surface area (Å²) in [6, 6.07) is -0.719. The zero-order valence-corrected chi connectivity index (χ0v) is 20.2. The van der Waals surface area contributed by atoms with E-state index in [-0.39, 0.29) is 53.7 Å². The molecule has 0 aromatic heterocycles. The summed E-state index contributed by atoms with van der Waals surface area (Å²) < 4.78 is 4.65. The van der Waals surface area contributed by atoms with E-state index in [1.807, 2.05) is 13.8 Å². The van der Waals surface area contributed by atoms with Crippen molar-refractivity contribution >= 4 is 45.5 Å². The van der Waals surface area contributed by atoms with Crippen molar-refractivity contribution in [3.05, 3.63) is 12.7 Å². The number of rotatable bonds is 9. The van der Waals surface area contributed by atoms with E-state index in [0.29, 0.717) is 19.4 Å². The lowest BCUT2D eigenvalue weighted by molar-refractivity contribution is -0.153. The average Bonchev–Trinajstić information content (AvgIpc) is 3.27. The molecule has 168 valence electrons. The number of ether oxygens (including phenoxy) is 1. The van der Waals surface area contributed by atoms with Gasteiger partial charge in [-0.1, -0.05) is 22.0 Å². The second-order valence-corrected chi connectivity index (χ2v) is 11.1. The van der Waals surface area contributed by atoms with Crippen molar-refractivity contribution in [3.8, 4) is 0 Å². The van der Waals surface area contributed by atoms with Gasteiger partial charge in [0.25, 0.3) is 0 Å². The van der Waals surface area contributed by atoms with Crippen LogP contribution in [0.25, 0.3) is 0 Å². The molecule has 3 fully saturated rings. The SMILES string of the molecule is C=CCN(C(=O)C1N(CCCO)C(=O)[C@@H]2[C@@H](C(=O)OCC)[C@@H]3SC12CC3Br)C(C)C. The third-order valence-corrected chi connectivity index (χ3v) is 9.59. The van der Waals surface area contributed by atoms with Crippen LogP contribution in [-0.4, -0.2) is 85.9 Å². The van der Waals surface area contributed by atoms with E-state index in [2.05, 4.69) is 22.5 Å². The molecule has 3 saturated heterocycles. The quantitative estimate of drug-likeness (QED) is 0.294. The second kappa shape index (κ2) is 9.20. The number of thioether (sulfide) groups is 1. The predicted molar refractivity (Wildman–Crippen MR) is 119 cm³/mol. The van der Waals surface area contributed by atoms with Crippen LogP contribution in [0.2, 0.25) is 0 Å². The highest BCUT2D eigenvalue weighted by molar-refractivity contribution is 9.09. The van der Waals surface area contributed by atoms with Crippen molar-refractivity contribution < 1.29 is 24.2 Å². The van der Waals surface area contributed by atoms with Gasteiger partial charge in [-0.25, -0.2) is 0 Å². The highest BCUT2D eigenvalue weighted by Crippen LogP contribution is 2.68. The summed E-state index contributed by atoms with van der Waals surface area (Å²) in [6.45, 7) is 10.3. The average molecular weight is 503 g/mol. The number of alkyl halides is 1. The molecule has 3 aliphatic heterocycles. The Morgan fingerprint density at radius 1 is 1.50 bits per heavy atom. The molecule has 2 amide bonds. The Bertz CT molecular complexity index is 720. The molecule has 0 aromatic rings. The number of aliphatic hydroxyl groups excluding tert-OH is 1. The monoisotopic (exact) mass is 502 g/mol. The summed E-state index contributed by atoms with van der Waals surface area (Å²) >= 11 is 5.31. The van der Waals surface area contributed by atoms with Gasteiger partial charge in [-0.05, 0) is 33.6 Å². The lowest BCUT2D eigenvalue weighted by Gasteiger charge is -2.39. The molecule has 2 bridgehead atoms. The molecule has 0 radical (unpaired) electrons. The maximum absolute atomic E-state index is 13.8. The molecular weight excluding hydrogens is 472 g/mol. The number of fused-ring (bicyclic) bond motifs is 1. The molecule has 9 heteroatoms. The van der Waals surface area contributed by atoms with Gasteiger partial charge in [-0.2, -0.15) is 0 Å². The second-order valence-electron chi connectivity index (χ2n) is 8.40. The van der Waals surface area contributed by atoms with Gasteiger partial charge in [-0.15, -0.1) is 18.3 Å². The molecule has 7 nitrogen and oxygen atoms in total. The number of carbonyl (C=O) groups excluding carboxylic acids is 3. The van der Waals surface area contributed by atoms with Gasteiger partial charge in [0.15, 0.2) is 0 Å². The fraction of sp³-hybridized carbons (Fsp3) is 0.762. The number of hydrogen-bond acceptors (Lipinski definition) is 6. The van der Waals surface area contributed by atoms with Gasteiger partial charge >= 0.3 is 5.97 Å². The summed E-state index contributed by atoms with van der Waals surface area (Å²) in [5, 5.41) is 9.27. The van der Waals surface area contributed by atoms with Crippen LogP contribution in [0.4, 0.5) is 0 Å². The van der Waals surface area contributed by atoms with Crippen LogP contribution in [0.15, 0.2) is 12.7 Å². The van der Waals surface area contributed by atoms with E-state index < -0.39 is 22.6 Å². The van der Waals surface area contributed by atoms with Crippen LogP contribution in [-0.2, 0) is 19.1 Å². The molecule has 1 spiro atoms. The molecule has 1 N–H and O–H groups in total. The molecule has 3 unspecified atom stereocenters. The first-order valence-electron chi connectivity index (χ1n) is 10.6. The summed E-state index contributed by atoms with van der Waals surface area (Å²) in [5.41, 5.74) is 0. The minimum Gasteiger partial charge on any atom is -0.466 e. The zero-order valence-electron chi connectivity index (χ0n) is 17.8. The minimum absolute atomic E-state index is 0.0287. The van der Waals surface area contributed by atoms with E-state index in [4.69, 9.17) is 4.74 Å². The number of halogens is 1. The summed E-state index contributed by atoms with van der Waals surface area (Å²) in [5.74, 6) is -1.79. The number of likely N-dealkylation sites (tertiary alicyclic amines) is 1. The van der Waals surface area contributed by atoms with Gasteiger partial charge in [0.1, 0.15) is 6.04 Å². The lowest BCUT2D eigenvalue weighted by Crippen LogP contribution is -2.56. The Balaban J connectivity index is 2.05. The molecule has 3 aliphatic rings. The molecular formula is C21H31BrN2O5S. The maximum atomic E-state index is 13.8. The fourth-order valence-corrected chi connectivity index (χ4v) is 8.84. The van der Waals surface area contributed by atoms with Gasteiger partial charge in [0.2, 0.25) is 11.8 Å². The van der Waals surface area contributed by atoms with E-state index >= 15 is 0 Å². The van der Waals surface area contributed by atoms with Crippen LogP contribution < -0.4 is 0 Å². The summed E-state index contributed by atoms with van der Waals surface area (Å²) in [4.78, 5) is 43.6. The van der Waals surface area contributed by atoms with Crippen LogP contribution in [0.3, 0.4) is 0 Å². The first kappa shape index (κ1) is 23.6. The first-order valence-corrected chi connectivity index (χ1v) is 12.4. The largest absolute Gasteiger partial charge is 0.466 e. The zero-order chi connectivity index (χ0) is 22.2. The van der Waals surface area contributed by atoms with Gasteiger partial charge in [-0.3, -0.25) is 14.4 Å². The van der Waals surface area contributed by atoms with Crippen molar-refractivity contribution in [3.63, 3.8) is 0 Å². The Kier molecular flexibility index (Phi) is 7.24. The third kappa shape index (κ3) is 3.60. The van der Waals surface area contributed by atoms with Crippen LogP contribution in [0.1, 0.15) is 33.6 Å². The first-order chi connectivity index (χ1) is 14.2. The van der Waals surface area contributed by atoms with Crippen LogP contribution >= 0.6 is 27.7 Å².